The Labute approximate surface area is 135 Å². The quantitative estimate of drug-likeness (QED) is 0.675. The lowest BCUT2D eigenvalue weighted by Gasteiger charge is -2.47. The molecule has 0 aromatic heterocycles. The number of carbonyl (C=O) groups excluding carboxylic acids is 1. The number of benzene rings is 1. The van der Waals surface area contributed by atoms with Gasteiger partial charge in [-0.05, 0) is 59.6 Å². The zero-order chi connectivity index (χ0) is 15.7. The summed E-state index contributed by atoms with van der Waals surface area (Å²) in [6.07, 6.45) is 8.95. The van der Waals surface area contributed by atoms with Crippen LogP contribution >= 0.6 is 0 Å². The van der Waals surface area contributed by atoms with E-state index >= 15 is 0 Å². The summed E-state index contributed by atoms with van der Waals surface area (Å²) >= 11 is 0. The van der Waals surface area contributed by atoms with E-state index in [0.717, 1.165) is 19.3 Å². The summed E-state index contributed by atoms with van der Waals surface area (Å²) in [7, 11) is 0. The van der Waals surface area contributed by atoms with Crippen LogP contribution in [-0.2, 0) is 17.6 Å². The highest BCUT2D eigenvalue weighted by molar-refractivity contribution is 5.80. The highest BCUT2D eigenvalue weighted by Gasteiger charge is 2.44. The molecule has 1 aromatic carbocycles. The molecule has 120 valence electrons. The molecule has 1 heteroatoms. The molecule has 22 heavy (non-hydrogen) atoms. The average molecular weight is 298 g/mol. The van der Waals surface area contributed by atoms with Crippen molar-refractivity contribution in [2.45, 2.75) is 78.1 Å². The number of rotatable bonds is 4. The zero-order valence-electron chi connectivity index (χ0n) is 14.5. The van der Waals surface area contributed by atoms with Gasteiger partial charge in [0.15, 0.2) is 0 Å². The van der Waals surface area contributed by atoms with Crippen molar-refractivity contribution in [1.29, 1.82) is 0 Å². The minimum absolute atomic E-state index is 0.334. The molecule has 0 spiro atoms. The molecule has 0 N–H and O–H groups in total. The van der Waals surface area contributed by atoms with Gasteiger partial charge in [-0.25, -0.2) is 0 Å². The Hall–Kier alpha value is -1.11. The second kappa shape index (κ2) is 6.18. The van der Waals surface area contributed by atoms with E-state index in [-0.39, 0.29) is 0 Å². The topological polar surface area (TPSA) is 17.1 Å². The normalized spacial score (nSPS) is 26.4. The van der Waals surface area contributed by atoms with Crippen molar-refractivity contribution in [2.24, 2.45) is 11.3 Å². The number of Topliss-reactive ketones (excluding diaryl/α,β-unsaturated/α-hetero) is 1. The summed E-state index contributed by atoms with van der Waals surface area (Å²) < 4.78 is 0. The first kappa shape index (κ1) is 15.8. The van der Waals surface area contributed by atoms with Crippen LogP contribution in [0.15, 0.2) is 18.2 Å². The van der Waals surface area contributed by atoms with E-state index < -0.39 is 0 Å². The van der Waals surface area contributed by atoms with Gasteiger partial charge in [0.1, 0.15) is 5.78 Å². The Bertz CT molecular complexity index is 555. The number of fused-ring (bicyclic) bond motifs is 3. The van der Waals surface area contributed by atoms with Crippen molar-refractivity contribution in [3.63, 3.8) is 0 Å². The van der Waals surface area contributed by atoms with Crippen LogP contribution in [0.2, 0.25) is 0 Å². The van der Waals surface area contributed by atoms with Crippen LogP contribution in [0.3, 0.4) is 0 Å². The van der Waals surface area contributed by atoms with Gasteiger partial charge in [0.2, 0.25) is 0 Å². The Morgan fingerprint density at radius 3 is 2.82 bits per heavy atom. The van der Waals surface area contributed by atoms with Gasteiger partial charge < -0.3 is 0 Å². The Morgan fingerprint density at radius 1 is 1.23 bits per heavy atom. The van der Waals surface area contributed by atoms with Crippen LogP contribution < -0.4 is 0 Å². The van der Waals surface area contributed by atoms with Crippen molar-refractivity contribution < 1.29 is 4.79 Å². The summed E-state index contributed by atoms with van der Waals surface area (Å²) in [6.45, 7) is 7.08. The summed E-state index contributed by atoms with van der Waals surface area (Å²) in [5.41, 5.74) is 4.83. The molecule has 0 radical (unpaired) electrons. The van der Waals surface area contributed by atoms with Gasteiger partial charge in [-0.3, -0.25) is 4.79 Å². The van der Waals surface area contributed by atoms with Gasteiger partial charge in [-0.1, -0.05) is 51.8 Å². The van der Waals surface area contributed by atoms with E-state index in [4.69, 9.17) is 0 Å². The molecule has 0 aliphatic heterocycles. The first-order valence-electron chi connectivity index (χ1n) is 9.14. The summed E-state index contributed by atoms with van der Waals surface area (Å²) in [5, 5.41) is 0. The van der Waals surface area contributed by atoms with Crippen LogP contribution in [0.5, 0.6) is 0 Å². The number of hydrogen-bond acceptors (Lipinski definition) is 1. The Morgan fingerprint density at radius 2 is 2.05 bits per heavy atom. The maximum absolute atomic E-state index is 12.0. The fraction of sp³-hybridized carbons (Fsp3) is 0.667. The molecule has 2 aliphatic carbocycles. The molecular weight excluding hydrogens is 268 g/mol. The number of carbonyl (C=O) groups is 1. The Kier molecular flexibility index (Phi) is 4.43. The molecule has 3 rings (SSSR count). The second-order valence-corrected chi connectivity index (χ2v) is 8.15. The summed E-state index contributed by atoms with van der Waals surface area (Å²) in [4.78, 5) is 12.0. The van der Waals surface area contributed by atoms with Gasteiger partial charge >= 0.3 is 0 Å². The molecule has 1 nitrogen and oxygen atoms in total. The number of hydrogen-bond donors (Lipinski definition) is 0. The molecule has 2 unspecified atom stereocenters. The summed E-state index contributed by atoms with van der Waals surface area (Å²) in [6, 6.07) is 7.12. The third-order valence-electron chi connectivity index (χ3n) is 5.99. The molecule has 2 atom stereocenters. The van der Waals surface area contributed by atoms with Crippen LogP contribution in [-0.4, -0.2) is 5.78 Å². The van der Waals surface area contributed by atoms with Gasteiger partial charge in [0.25, 0.3) is 0 Å². The van der Waals surface area contributed by atoms with Crippen molar-refractivity contribution in [1.82, 2.24) is 0 Å². The van der Waals surface area contributed by atoms with Gasteiger partial charge in [0, 0.05) is 12.8 Å². The molecule has 0 bridgehead atoms. The minimum atomic E-state index is 0.334. The van der Waals surface area contributed by atoms with Crippen LogP contribution in [0.1, 0.15) is 81.9 Å². The molecular formula is C21H30O. The smallest absolute Gasteiger partial charge is 0.133 e. The maximum Gasteiger partial charge on any atom is 0.133 e. The molecule has 0 heterocycles. The van der Waals surface area contributed by atoms with E-state index in [1.807, 2.05) is 0 Å². The van der Waals surface area contributed by atoms with E-state index in [0.29, 0.717) is 23.0 Å². The minimum Gasteiger partial charge on any atom is -0.300 e. The third-order valence-corrected chi connectivity index (χ3v) is 5.99. The second-order valence-electron chi connectivity index (χ2n) is 8.15. The predicted molar refractivity (Wildman–Crippen MR) is 92.2 cm³/mol. The van der Waals surface area contributed by atoms with Crippen LogP contribution in [0, 0.1) is 11.3 Å². The van der Waals surface area contributed by atoms with E-state index in [1.165, 1.54) is 48.8 Å². The van der Waals surface area contributed by atoms with E-state index in [1.54, 1.807) is 0 Å². The maximum atomic E-state index is 12.0. The van der Waals surface area contributed by atoms with E-state index in [9.17, 15) is 4.79 Å². The zero-order valence-corrected chi connectivity index (χ0v) is 14.5. The standard InChI is InChI=1S/C21H30O/c1-4-5-6-7-15-8-10-18-16(12-15)14-21(2,3)20-11-9-17(22)13-19(18)20/h8,10,12,19-20H,4-7,9,11,13-14H2,1-3H3. The number of aryl methyl sites for hydroxylation is 1. The Balaban J connectivity index is 1.88. The van der Waals surface area contributed by atoms with Gasteiger partial charge in [-0.15, -0.1) is 0 Å². The number of unbranched alkanes of at least 4 members (excludes halogenated alkanes) is 2. The molecule has 1 fully saturated rings. The highest BCUT2D eigenvalue weighted by Crippen LogP contribution is 2.52. The lowest BCUT2D eigenvalue weighted by molar-refractivity contribution is -0.122. The van der Waals surface area contributed by atoms with E-state index in [2.05, 4.69) is 39.0 Å². The fourth-order valence-electron chi connectivity index (χ4n) is 4.80. The largest absolute Gasteiger partial charge is 0.300 e. The van der Waals surface area contributed by atoms with Gasteiger partial charge in [0.05, 0.1) is 0 Å². The molecule has 1 saturated carbocycles. The average Bonchev–Trinajstić information content (AvgIpc) is 2.46. The van der Waals surface area contributed by atoms with Crippen LogP contribution in [0.25, 0.3) is 0 Å². The molecule has 0 saturated heterocycles. The lowest BCUT2D eigenvalue weighted by atomic mass is 9.57. The molecule has 2 aliphatic rings. The highest BCUT2D eigenvalue weighted by atomic mass is 16.1. The van der Waals surface area contributed by atoms with Crippen molar-refractivity contribution >= 4 is 5.78 Å². The van der Waals surface area contributed by atoms with Crippen molar-refractivity contribution in [3.8, 4) is 0 Å². The molecule has 1 aromatic rings. The molecule has 0 amide bonds. The van der Waals surface area contributed by atoms with Crippen LogP contribution in [0.4, 0.5) is 0 Å². The summed E-state index contributed by atoms with van der Waals surface area (Å²) in [5.74, 6) is 1.63. The third kappa shape index (κ3) is 3.00. The predicted octanol–water partition coefficient (Wildman–Crippen LogP) is 5.45. The lowest BCUT2D eigenvalue weighted by Crippen LogP contribution is -2.40. The van der Waals surface area contributed by atoms with Crippen molar-refractivity contribution in [2.75, 3.05) is 0 Å². The monoisotopic (exact) mass is 298 g/mol. The SMILES string of the molecule is CCCCCc1ccc2c(c1)CC(C)(C)C1CCC(=O)CC21. The van der Waals surface area contributed by atoms with Crippen molar-refractivity contribution in [3.05, 3.63) is 34.9 Å². The first-order chi connectivity index (χ1) is 10.5. The fourth-order valence-corrected chi connectivity index (χ4v) is 4.80. The first-order valence-corrected chi connectivity index (χ1v) is 9.14. The van der Waals surface area contributed by atoms with Gasteiger partial charge in [-0.2, -0.15) is 0 Å². The number of ketones is 1.